The zero-order chi connectivity index (χ0) is 15.5. The van der Waals surface area contributed by atoms with Crippen LogP contribution >= 0.6 is 30.6 Å². The Labute approximate surface area is 133 Å². The third kappa shape index (κ3) is 3.68. The molecule has 0 radical (unpaired) electrons. The van der Waals surface area contributed by atoms with Gasteiger partial charge in [0, 0.05) is 16.5 Å². The van der Waals surface area contributed by atoms with Gasteiger partial charge in [-0.3, -0.25) is 9.36 Å². The minimum absolute atomic E-state index is 0.144. The molecule has 0 N–H and O–H groups in total. The molecule has 0 spiro atoms. The molecular formula is C15H13Cl2O3P. The first-order valence-corrected chi connectivity index (χ1v) is 8.68. The van der Waals surface area contributed by atoms with E-state index in [-0.39, 0.29) is 6.42 Å². The molecule has 0 aliphatic rings. The summed E-state index contributed by atoms with van der Waals surface area (Å²) in [6.45, 7) is 1.65. The van der Waals surface area contributed by atoms with Crippen molar-refractivity contribution in [3.63, 3.8) is 0 Å². The smallest absolute Gasteiger partial charge is 0.310 e. The maximum absolute atomic E-state index is 13.3. The molecule has 2 rings (SSSR count). The second kappa shape index (κ2) is 6.65. The summed E-state index contributed by atoms with van der Waals surface area (Å²) in [6.07, 6.45) is 0.144. The zero-order valence-electron chi connectivity index (χ0n) is 11.3. The molecule has 21 heavy (non-hydrogen) atoms. The van der Waals surface area contributed by atoms with Gasteiger partial charge in [0.05, 0.1) is 10.6 Å². The highest BCUT2D eigenvalue weighted by Crippen LogP contribution is 2.45. The Balaban J connectivity index is 2.53. The molecular weight excluding hydrogens is 330 g/mol. The van der Waals surface area contributed by atoms with Crippen molar-refractivity contribution in [3.05, 3.63) is 58.6 Å². The predicted octanol–water partition coefficient (Wildman–Crippen LogP) is 4.18. The van der Waals surface area contributed by atoms with E-state index in [1.165, 1.54) is 0 Å². The molecule has 2 aromatic carbocycles. The summed E-state index contributed by atoms with van der Waals surface area (Å²) in [7, 11) is -3.50. The monoisotopic (exact) mass is 342 g/mol. The van der Waals surface area contributed by atoms with Gasteiger partial charge in [0.2, 0.25) is 0 Å². The van der Waals surface area contributed by atoms with Crippen LogP contribution in [0.5, 0.6) is 0 Å². The van der Waals surface area contributed by atoms with Gasteiger partial charge in [-0.25, -0.2) is 0 Å². The molecule has 0 aliphatic carbocycles. The van der Waals surface area contributed by atoms with E-state index in [1.807, 2.05) is 0 Å². The van der Waals surface area contributed by atoms with E-state index in [2.05, 4.69) is 0 Å². The number of rotatable bonds is 4. The van der Waals surface area contributed by atoms with Crippen LogP contribution in [0.25, 0.3) is 0 Å². The van der Waals surface area contributed by atoms with Gasteiger partial charge < -0.3 is 4.52 Å². The van der Waals surface area contributed by atoms with E-state index in [4.69, 9.17) is 27.7 Å². The first kappa shape index (κ1) is 16.1. The van der Waals surface area contributed by atoms with Gasteiger partial charge in [0.25, 0.3) is 0 Å². The van der Waals surface area contributed by atoms with Gasteiger partial charge in [-0.15, -0.1) is 0 Å². The molecule has 0 bridgehead atoms. The number of carbonyl (C=O) groups is 1. The second-order valence-electron chi connectivity index (χ2n) is 4.32. The molecule has 0 saturated heterocycles. The van der Waals surface area contributed by atoms with Crippen molar-refractivity contribution in [1.29, 1.82) is 0 Å². The van der Waals surface area contributed by atoms with Gasteiger partial charge >= 0.3 is 13.3 Å². The normalized spacial score (nSPS) is 11.2. The Morgan fingerprint density at radius 1 is 0.952 bits per heavy atom. The summed E-state index contributed by atoms with van der Waals surface area (Å²) < 4.78 is 18.5. The van der Waals surface area contributed by atoms with Crippen LogP contribution in [0.1, 0.15) is 13.3 Å². The van der Waals surface area contributed by atoms with Crippen LogP contribution in [0.4, 0.5) is 0 Å². The third-order valence-corrected chi connectivity index (χ3v) is 5.77. The lowest BCUT2D eigenvalue weighted by Crippen LogP contribution is -2.20. The first-order chi connectivity index (χ1) is 9.95. The average Bonchev–Trinajstić information content (AvgIpc) is 2.48. The Hall–Kier alpha value is -1.28. The largest absolute Gasteiger partial charge is 0.405 e. The maximum Gasteiger partial charge on any atom is 0.310 e. The summed E-state index contributed by atoms with van der Waals surface area (Å²) in [5, 5.41) is 1.86. The van der Waals surface area contributed by atoms with Crippen molar-refractivity contribution < 1.29 is 13.9 Å². The molecule has 0 aliphatic heterocycles. The molecule has 0 heterocycles. The minimum atomic E-state index is -3.50. The van der Waals surface area contributed by atoms with Crippen LogP contribution in [0.15, 0.2) is 48.5 Å². The Morgan fingerprint density at radius 2 is 1.33 bits per heavy atom. The van der Waals surface area contributed by atoms with Gasteiger partial charge in [-0.05, 0) is 48.5 Å². The van der Waals surface area contributed by atoms with E-state index in [9.17, 15) is 9.36 Å². The number of benzene rings is 2. The second-order valence-corrected chi connectivity index (χ2v) is 7.51. The predicted molar refractivity (Wildman–Crippen MR) is 86.2 cm³/mol. The fourth-order valence-corrected chi connectivity index (χ4v) is 4.00. The van der Waals surface area contributed by atoms with Crippen molar-refractivity contribution in [3.8, 4) is 0 Å². The van der Waals surface area contributed by atoms with Crippen LogP contribution in [-0.4, -0.2) is 5.97 Å². The Morgan fingerprint density at radius 3 is 1.67 bits per heavy atom. The van der Waals surface area contributed by atoms with Gasteiger partial charge in [0.1, 0.15) is 0 Å². The fraction of sp³-hybridized carbons (Fsp3) is 0.133. The van der Waals surface area contributed by atoms with Crippen molar-refractivity contribution in [2.75, 3.05) is 0 Å². The summed E-state index contributed by atoms with van der Waals surface area (Å²) in [5.41, 5.74) is 0. The lowest BCUT2D eigenvalue weighted by Gasteiger charge is -2.19. The molecule has 0 saturated carbocycles. The van der Waals surface area contributed by atoms with Crippen molar-refractivity contribution >= 4 is 47.1 Å². The molecule has 110 valence electrons. The highest BCUT2D eigenvalue weighted by atomic mass is 35.5. The number of hydrogen-bond acceptors (Lipinski definition) is 3. The molecule has 0 atom stereocenters. The van der Waals surface area contributed by atoms with E-state index >= 15 is 0 Å². The highest BCUT2D eigenvalue weighted by Gasteiger charge is 2.31. The number of hydrogen-bond donors (Lipinski definition) is 0. The minimum Gasteiger partial charge on any atom is -0.405 e. The van der Waals surface area contributed by atoms with Gasteiger partial charge in [-0.2, -0.15) is 0 Å². The fourth-order valence-electron chi connectivity index (χ4n) is 1.74. The molecule has 0 amide bonds. The Bertz CT molecular complexity index is 632. The quantitative estimate of drug-likeness (QED) is 0.783. The Kier molecular flexibility index (Phi) is 5.10. The maximum atomic E-state index is 13.3. The van der Waals surface area contributed by atoms with Crippen LogP contribution in [0.2, 0.25) is 10.0 Å². The first-order valence-electron chi connectivity index (χ1n) is 6.30. The molecule has 6 heteroatoms. The van der Waals surface area contributed by atoms with E-state index in [0.717, 1.165) is 0 Å². The van der Waals surface area contributed by atoms with Crippen LogP contribution in [0.3, 0.4) is 0 Å². The third-order valence-electron chi connectivity index (χ3n) is 2.85. The summed E-state index contributed by atoms with van der Waals surface area (Å²) in [5.74, 6) is -0.525. The van der Waals surface area contributed by atoms with E-state index in [0.29, 0.717) is 20.7 Å². The summed E-state index contributed by atoms with van der Waals surface area (Å²) >= 11 is 11.7. The SMILES string of the molecule is CCC(=O)OP(=O)(c1ccc(Cl)cc1)c1ccc(Cl)cc1. The molecule has 3 nitrogen and oxygen atoms in total. The van der Waals surface area contributed by atoms with Crippen molar-refractivity contribution in [1.82, 2.24) is 0 Å². The lowest BCUT2D eigenvalue weighted by molar-refractivity contribution is -0.133. The van der Waals surface area contributed by atoms with Crippen LogP contribution in [-0.2, 0) is 13.9 Å². The van der Waals surface area contributed by atoms with Gasteiger partial charge in [0.15, 0.2) is 0 Å². The topological polar surface area (TPSA) is 43.4 Å². The van der Waals surface area contributed by atoms with Crippen LogP contribution in [0, 0.1) is 0 Å². The summed E-state index contributed by atoms with van der Waals surface area (Å²) in [6, 6.07) is 12.8. The van der Waals surface area contributed by atoms with Gasteiger partial charge in [-0.1, -0.05) is 30.1 Å². The number of carbonyl (C=O) groups excluding carboxylic acids is 1. The van der Waals surface area contributed by atoms with Crippen molar-refractivity contribution in [2.24, 2.45) is 0 Å². The van der Waals surface area contributed by atoms with E-state index < -0.39 is 13.3 Å². The number of halogens is 2. The van der Waals surface area contributed by atoms with E-state index in [1.54, 1.807) is 55.5 Å². The molecule has 0 unspecified atom stereocenters. The molecule has 0 fully saturated rings. The highest BCUT2D eigenvalue weighted by molar-refractivity contribution is 7.74. The lowest BCUT2D eigenvalue weighted by atomic mass is 10.4. The van der Waals surface area contributed by atoms with Crippen molar-refractivity contribution in [2.45, 2.75) is 13.3 Å². The zero-order valence-corrected chi connectivity index (χ0v) is 13.7. The average molecular weight is 343 g/mol. The standard InChI is InChI=1S/C15H13Cl2O3P/c1-2-15(18)20-21(19,13-7-3-11(16)4-8-13)14-9-5-12(17)6-10-14/h3-10H,2H2,1H3. The van der Waals surface area contributed by atoms with Crippen LogP contribution < -0.4 is 10.6 Å². The molecule has 0 aromatic heterocycles. The molecule has 2 aromatic rings. The summed E-state index contributed by atoms with van der Waals surface area (Å²) in [4.78, 5) is 11.7.